The number of nitrogens with zero attached hydrogens (tertiary/aromatic N) is 3. The first-order valence-electron chi connectivity index (χ1n) is 18.4. The predicted molar refractivity (Wildman–Crippen MR) is 192 cm³/mol. The second-order valence-corrected chi connectivity index (χ2v) is 15.0. The van der Waals surface area contributed by atoms with Crippen LogP contribution < -0.4 is 31.6 Å². The van der Waals surface area contributed by atoms with Gasteiger partial charge in [-0.15, -0.1) is 0 Å². The Hall–Kier alpha value is -4.37. The maximum Gasteiger partial charge on any atom is 0.415 e. The van der Waals surface area contributed by atoms with Crippen LogP contribution in [0.5, 0.6) is 11.5 Å². The number of methoxy groups -OCH3 is 1. The van der Waals surface area contributed by atoms with E-state index in [0.717, 1.165) is 30.5 Å². The number of hydrogen-bond donors (Lipinski definition) is 5. The number of carbonyl (C=O) groups excluding carboxylic acids is 4. The Labute approximate surface area is 304 Å². The van der Waals surface area contributed by atoms with Gasteiger partial charge < -0.3 is 51.2 Å². The molecule has 1 aromatic carbocycles. The van der Waals surface area contributed by atoms with Gasteiger partial charge >= 0.3 is 6.09 Å². The molecule has 3 amide bonds. The summed E-state index contributed by atoms with van der Waals surface area (Å²) in [5, 5.41) is 18.1. The van der Waals surface area contributed by atoms with Gasteiger partial charge in [0.15, 0.2) is 29.3 Å². The molecule has 0 radical (unpaired) electrons. The second kappa shape index (κ2) is 14.9. The van der Waals surface area contributed by atoms with Crippen molar-refractivity contribution in [3.63, 3.8) is 0 Å². The predicted octanol–water partition coefficient (Wildman–Crippen LogP) is 1.23. The Balaban J connectivity index is 1.16. The summed E-state index contributed by atoms with van der Waals surface area (Å²) in [5.41, 5.74) is 11.1. The lowest BCUT2D eigenvalue weighted by Gasteiger charge is -2.61. The van der Waals surface area contributed by atoms with E-state index in [2.05, 4.69) is 26.6 Å². The van der Waals surface area contributed by atoms with Crippen LogP contribution in [0.2, 0.25) is 0 Å². The third-order valence-electron chi connectivity index (χ3n) is 11.9. The molecule has 2 fully saturated rings. The molecule has 1 aromatic rings. The molecule has 7 N–H and O–H groups in total. The average molecular weight is 724 g/mol. The number of aliphatic hydroxyl groups is 1. The molecule has 1 unspecified atom stereocenters. The minimum absolute atomic E-state index is 0.0530. The molecule has 6 rings (SSSR count). The number of rotatable bonds is 13. The monoisotopic (exact) mass is 723 g/mol. The smallest absolute Gasteiger partial charge is 0.415 e. The molecule has 7 atom stereocenters. The van der Waals surface area contributed by atoms with Crippen molar-refractivity contribution in [3.05, 3.63) is 35.1 Å². The number of amides is 3. The van der Waals surface area contributed by atoms with Crippen molar-refractivity contribution >= 4 is 29.7 Å². The molecule has 0 saturated carbocycles. The largest absolute Gasteiger partial charge is 0.493 e. The summed E-state index contributed by atoms with van der Waals surface area (Å²) < 4.78 is 18.6. The zero-order valence-electron chi connectivity index (χ0n) is 30.6. The zero-order valence-corrected chi connectivity index (χ0v) is 30.6. The molecule has 2 bridgehead atoms. The van der Waals surface area contributed by atoms with Crippen molar-refractivity contribution in [1.29, 1.82) is 0 Å². The van der Waals surface area contributed by atoms with Crippen LogP contribution in [0, 0.1) is 5.92 Å². The first-order valence-corrected chi connectivity index (χ1v) is 18.4. The highest BCUT2D eigenvalue weighted by Crippen LogP contribution is 2.65. The molecule has 284 valence electrons. The SMILES string of the molecule is COc1ccc2c3c1O[C@H]1C(OC(=O)N4CCCCC4CNC(=O)[C@H](CCCN=C(N)N)CC(=O)[C@H](C)NC(C)=O)=CC[C@@]4(O)[C@@H](C2)N(C)CC[C@]314. The van der Waals surface area contributed by atoms with E-state index in [-0.39, 0.29) is 48.6 Å². The number of nitrogens with one attached hydrogen (secondary N) is 2. The average Bonchev–Trinajstić information content (AvgIpc) is 3.47. The van der Waals surface area contributed by atoms with Crippen molar-refractivity contribution < 1.29 is 38.5 Å². The molecule has 15 heteroatoms. The molecular formula is C37H53N7O8. The molecular weight excluding hydrogens is 670 g/mol. The van der Waals surface area contributed by atoms with Gasteiger partial charge in [0, 0.05) is 56.9 Å². The van der Waals surface area contributed by atoms with E-state index in [1.165, 1.54) is 6.92 Å². The van der Waals surface area contributed by atoms with Gasteiger partial charge in [-0.3, -0.25) is 19.4 Å². The number of carbonyl (C=O) groups is 4. The summed E-state index contributed by atoms with van der Waals surface area (Å²) in [6.07, 6.45) is 5.25. The fourth-order valence-electron chi connectivity index (χ4n) is 9.24. The lowest BCUT2D eigenvalue weighted by Crippen LogP contribution is -2.74. The van der Waals surface area contributed by atoms with E-state index in [9.17, 15) is 24.3 Å². The van der Waals surface area contributed by atoms with Gasteiger partial charge in [0.25, 0.3) is 0 Å². The van der Waals surface area contributed by atoms with Gasteiger partial charge in [0.1, 0.15) is 5.76 Å². The number of likely N-dealkylation sites (N-methyl/N-ethyl adjacent to an activating group) is 1. The summed E-state index contributed by atoms with van der Waals surface area (Å²) in [6.45, 7) is 4.62. The van der Waals surface area contributed by atoms with Gasteiger partial charge in [-0.25, -0.2) is 4.79 Å². The standard InChI is InChI=1S/C37H53N7O8/c1-21(42-22(2)45)26(46)18-24(8-7-15-40-34(38)39)33(47)41-20-25-9-5-6-16-44(25)35(48)51-28-12-13-37(49)29-19-23-10-11-27(50-4)31-30(23)36(37,32(28)52-31)14-17-43(29)3/h10-12,21,24-25,29,32,49H,5-9,13-20H2,1-4H3,(H,41,47)(H,42,45)(H4,38,39,40)/t21-,24+,25?,29+,32-,36-,37+/m0/s1. The van der Waals surface area contributed by atoms with Gasteiger partial charge in [0.2, 0.25) is 11.8 Å². The van der Waals surface area contributed by atoms with E-state index >= 15 is 0 Å². The number of nitrogens with two attached hydrogens (primary N) is 2. The fraction of sp³-hybridized carbons (Fsp3) is 0.649. The van der Waals surface area contributed by atoms with Crippen molar-refractivity contribution in [2.24, 2.45) is 22.4 Å². The molecule has 15 nitrogen and oxygen atoms in total. The quantitative estimate of drug-likeness (QED) is 0.111. The molecule has 2 saturated heterocycles. The maximum absolute atomic E-state index is 14.0. The van der Waals surface area contributed by atoms with Crippen LogP contribution in [0.1, 0.15) is 76.3 Å². The van der Waals surface area contributed by atoms with Crippen molar-refractivity contribution in [1.82, 2.24) is 20.4 Å². The molecule has 3 aliphatic heterocycles. The van der Waals surface area contributed by atoms with E-state index in [1.807, 2.05) is 19.2 Å². The lowest BCUT2D eigenvalue weighted by atomic mass is 9.50. The third kappa shape index (κ3) is 6.68. The number of ether oxygens (including phenoxy) is 3. The number of benzene rings is 1. The first kappa shape index (κ1) is 37.4. The summed E-state index contributed by atoms with van der Waals surface area (Å²) in [6, 6.07) is 2.76. The van der Waals surface area contributed by atoms with E-state index in [4.69, 9.17) is 25.7 Å². The van der Waals surface area contributed by atoms with E-state index in [0.29, 0.717) is 68.9 Å². The minimum atomic E-state index is -1.12. The topological polar surface area (TPSA) is 211 Å². The van der Waals surface area contributed by atoms with E-state index in [1.54, 1.807) is 18.9 Å². The van der Waals surface area contributed by atoms with Crippen LogP contribution in [-0.4, -0.2) is 115 Å². The Bertz CT molecular complexity index is 1650. The second-order valence-electron chi connectivity index (χ2n) is 15.0. The molecule has 2 aliphatic carbocycles. The number of likely N-dealkylation sites (tertiary alicyclic amines) is 2. The third-order valence-corrected chi connectivity index (χ3v) is 11.9. The number of ketones is 1. The van der Waals surface area contributed by atoms with Crippen LogP contribution in [0.4, 0.5) is 4.79 Å². The Morgan fingerprint density at radius 1 is 1.19 bits per heavy atom. The van der Waals surface area contributed by atoms with Gasteiger partial charge in [0.05, 0.1) is 30.2 Å². The lowest BCUT2D eigenvalue weighted by molar-refractivity contribution is -0.163. The van der Waals surface area contributed by atoms with Crippen LogP contribution in [-0.2, 0) is 31.0 Å². The van der Waals surface area contributed by atoms with Crippen molar-refractivity contribution in [2.45, 2.75) is 107 Å². The number of guanidine groups is 1. The molecule has 3 heterocycles. The number of Topliss-reactive ketones (excluding diaryl/α,β-unsaturated/α-hetero) is 1. The van der Waals surface area contributed by atoms with Crippen molar-refractivity contribution in [3.8, 4) is 11.5 Å². The molecule has 0 aromatic heterocycles. The summed E-state index contributed by atoms with van der Waals surface area (Å²) in [5.74, 6) is -0.0799. The number of aliphatic imine (C=N–C) groups is 1. The Kier molecular flexibility index (Phi) is 10.7. The van der Waals surface area contributed by atoms with Crippen LogP contribution in [0.15, 0.2) is 29.0 Å². The van der Waals surface area contributed by atoms with Gasteiger partial charge in [-0.1, -0.05) is 6.07 Å². The van der Waals surface area contributed by atoms with Crippen LogP contribution >= 0.6 is 0 Å². The highest BCUT2D eigenvalue weighted by atomic mass is 16.6. The highest BCUT2D eigenvalue weighted by molar-refractivity contribution is 5.91. The fourth-order valence-corrected chi connectivity index (χ4v) is 9.24. The Morgan fingerprint density at radius 2 is 1.98 bits per heavy atom. The maximum atomic E-state index is 14.0. The Morgan fingerprint density at radius 3 is 2.71 bits per heavy atom. The summed E-state index contributed by atoms with van der Waals surface area (Å²) >= 11 is 0. The summed E-state index contributed by atoms with van der Waals surface area (Å²) in [4.78, 5) is 59.9. The van der Waals surface area contributed by atoms with E-state index < -0.39 is 35.2 Å². The minimum Gasteiger partial charge on any atom is -0.493 e. The zero-order chi connectivity index (χ0) is 37.4. The van der Waals surface area contributed by atoms with Gasteiger partial charge in [-0.2, -0.15) is 0 Å². The number of piperidine rings is 2. The normalized spacial score (nSPS) is 28.3. The number of hydrogen-bond acceptors (Lipinski definition) is 10. The molecule has 52 heavy (non-hydrogen) atoms. The summed E-state index contributed by atoms with van der Waals surface area (Å²) in [7, 11) is 3.64. The molecule has 5 aliphatic rings. The van der Waals surface area contributed by atoms with Crippen LogP contribution in [0.25, 0.3) is 0 Å². The van der Waals surface area contributed by atoms with Crippen molar-refractivity contribution in [2.75, 3.05) is 40.3 Å². The molecule has 1 spiro atoms. The first-order chi connectivity index (χ1) is 24.8. The van der Waals surface area contributed by atoms with Crippen LogP contribution in [0.3, 0.4) is 0 Å². The van der Waals surface area contributed by atoms with Gasteiger partial charge in [-0.05, 0) is 83.2 Å². The highest BCUT2D eigenvalue weighted by Gasteiger charge is 2.72.